The van der Waals surface area contributed by atoms with Gasteiger partial charge in [0.1, 0.15) is 6.04 Å². The molecule has 0 spiro atoms. The summed E-state index contributed by atoms with van der Waals surface area (Å²) in [5, 5.41) is 14.5. The zero-order chi connectivity index (χ0) is 11.3. The van der Waals surface area contributed by atoms with Gasteiger partial charge in [-0.1, -0.05) is 13.3 Å². The standard InChI is InChI=1S/C10H16N2O2S/c1-3-4-7-6-15-9(12-7)5-8(11-2)10(13)14/h6,8,11H,3-5H2,1-2H3,(H,13,14). The van der Waals surface area contributed by atoms with Crippen molar-refractivity contribution in [3.63, 3.8) is 0 Å². The van der Waals surface area contributed by atoms with Crippen LogP contribution in [0.5, 0.6) is 0 Å². The third kappa shape index (κ3) is 3.60. The lowest BCUT2D eigenvalue weighted by Gasteiger charge is -2.07. The predicted octanol–water partition coefficient (Wildman–Crippen LogP) is 1.31. The van der Waals surface area contributed by atoms with E-state index in [9.17, 15) is 4.79 Å². The fourth-order valence-corrected chi connectivity index (χ4v) is 2.18. The van der Waals surface area contributed by atoms with Gasteiger partial charge in [0.05, 0.1) is 10.7 Å². The summed E-state index contributed by atoms with van der Waals surface area (Å²) in [4.78, 5) is 15.2. The molecule has 5 heteroatoms. The van der Waals surface area contributed by atoms with Gasteiger partial charge >= 0.3 is 5.97 Å². The molecule has 15 heavy (non-hydrogen) atoms. The summed E-state index contributed by atoms with van der Waals surface area (Å²) in [5.41, 5.74) is 1.07. The van der Waals surface area contributed by atoms with E-state index >= 15 is 0 Å². The van der Waals surface area contributed by atoms with E-state index in [1.54, 1.807) is 7.05 Å². The lowest BCUT2D eigenvalue weighted by Crippen LogP contribution is -2.35. The second-order valence-electron chi connectivity index (χ2n) is 3.37. The molecule has 0 amide bonds. The molecule has 1 aromatic rings. The number of rotatable bonds is 6. The third-order valence-corrected chi connectivity index (χ3v) is 3.05. The average Bonchev–Trinajstić information content (AvgIpc) is 2.62. The second kappa shape index (κ2) is 5.82. The fourth-order valence-electron chi connectivity index (χ4n) is 1.30. The van der Waals surface area contributed by atoms with E-state index in [1.807, 2.05) is 5.38 Å². The summed E-state index contributed by atoms with van der Waals surface area (Å²) in [6.45, 7) is 2.10. The molecular formula is C10H16N2O2S. The number of aryl methyl sites for hydroxylation is 1. The first-order chi connectivity index (χ1) is 7.17. The number of carbonyl (C=O) groups is 1. The van der Waals surface area contributed by atoms with Crippen LogP contribution in [0.4, 0.5) is 0 Å². The monoisotopic (exact) mass is 228 g/mol. The van der Waals surface area contributed by atoms with Crippen molar-refractivity contribution in [2.75, 3.05) is 7.05 Å². The van der Waals surface area contributed by atoms with Gasteiger partial charge in [0, 0.05) is 11.8 Å². The van der Waals surface area contributed by atoms with Crippen LogP contribution >= 0.6 is 11.3 Å². The highest BCUT2D eigenvalue weighted by Gasteiger charge is 2.17. The van der Waals surface area contributed by atoms with Crippen LogP contribution in [0.1, 0.15) is 24.0 Å². The Morgan fingerprint density at radius 3 is 3.00 bits per heavy atom. The van der Waals surface area contributed by atoms with Crippen LogP contribution in [0.2, 0.25) is 0 Å². The summed E-state index contributed by atoms with van der Waals surface area (Å²) >= 11 is 1.54. The quantitative estimate of drug-likeness (QED) is 0.770. The number of nitrogens with zero attached hydrogens (tertiary/aromatic N) is 1. The van der Waals surface area contributed by atoms with E-state index in [2.05, 4.69) is 17.2 Å². The Balaban J connectivity index is 2.59. The molecule has 1 atom stereocenters. The minimum absolute atomic E-state index is 0.459. The Kier molecular flexibility index (Phi) is 4.71. The number of aliphatic carboxylic acids is 1. The van der Waals surface area contributed by atoms with E-state index in [0.29, 0.717) is 6.42 Å². The maximum absolute atomic E-state index is 10.8. The molecule has 0 radical (unpaired) electrons. The van der Waals surface area contributed by atoms with Gasteiger partial charge in [-0.15, -0.1) is 11.3 Å². The van der Waals surface area contributed by atoms with E-state index in [0.717, 1.165) is 23.5 Å². The molecule has 2 N–H and O–H groups in total. The topological polar surface area (TPSA) is 62.2 Å². The fraction of sp³-hybridized carbons (Fsp3) is 0.600. The van der Waals surface area contributed by atoms with Crippen molar-refractivity contribution in [3.8, 4) is 0 Å². The number of aromatic nitrogens is 1. The van der Waals surface area contributed by atoms with Crippen molar-refractivity contribution in [1.82, 2.24) is 10.3 Å². The molecule has 0 bridgehead atoms. The van der Waals surface area contributed by atoms with Gasteiger partial charge in [0.2, 0.25) is 0 Å². The molecule has 1 heterocycles. The van der Waals surface area contributed by atoms with Crippen molar-refractivity contribution in [2.24, 2.45) is 0 Å². The van der Waals surface area contributed by atoms with Gasteiger partial charge in [-0.25, -0.2) is 4.98 Å². The molecule has 4 nitrogen and oxygen atoms in total. The van der Waals surface area contributed by atoms with Gasteiger partial charge < -0.3 is 10.4 Å². The molecule has 0 saturated carbocycles. The second-order valence-corrected chi connectivity index (χ2v) is 4.31. The van der Waals surface area contributed by atoms with Gasteiger partial charge in [0.15, 0.2) is 0 Å². The lowest BCUT2D eigenvalue weighted by molar-refractivity contribution is -0.139. The normalized spacial score (nSPS) is 12.7. The minimum atomic E-state index is -0.829. The molecule has 0 fully saturated rings. The summed E-state index contributed by atoms with van der Waals surface area (Å²) < 4.78 is 0. The van der Waals surface area contributed by atoms with Crippen LogP contribution in [0.15, 0.2) is 5.38 Å². The van der Waals surface area contributed by atoms with E-state index in [1.165, 1.54) is 11.3 Å². The number of hydrogen-bond donors (Lipinski definition) is 2. The van der Waals surface area contributed by atoms with Gasteiger partial charge in [-0.3, -0.25) is 4.79 Å². The maximum Gasteiger partial charge on any atom is 0.321 e. The number of hydrogen-bond acceptors (Lipinski definition) is 4. The summed E-state index contributed by atoms with van der Waals surface area (Å²) in [5.74, 6) is -0.829. The van der Waals surface area contributed by atoms with Gasteiger partial charge in [-0.05, 0) is 13.5 Å². The molecule has 0 aromatic carbocycles. The van der Waals surface area contributed by atoms with Crippen LogP contribution in [-0.2, 0) is 17.6 Å². The highest BCUT2D eigenvalue weighted by atomic mass is 32.1. The summed E-state index contributed by atoms with van der Waals surface area (Å²) in [6, 6.07) is -0.536. The molecule has 1 aromatic heterocycles. The van der Waals surface area contributed by atoms with Crippen LogP contribution in [0.25, 0.3) is 0 Å². The molecule has 0 aliphatic heterocycles. The molecule has 0 aliphatic rings. The number of carboxylic acid groups (broad SMARTS) is 1. The molecule has 84 valence electrons. The van der Waals surface area contributed by atoms with Crippen molar-refractivity contribution in [3.05, 3.63) is 16.1 Å². The van der Waals surface area contributed by atoms with Gasteiger partial charge in [-0.2, -0.15) is 0 Å². The molecular weight excluding hydrogens is 212 g/mol. The smallest absolute Gasteiger partial charge is 0.321 e. The van der Waals surface area contributed by atoms with Crippen molar-refractivity contribution in [2.45, 2.75) is 32.2 Å². The highest BCUT2D eigenvalue weighted by Crippen LogP contribution is 2.13. The highest BCUT2D eigenvalue weighted by molar-refractivity contribution is 7.09. The predicted molar refractivity (Wildman–Crippen MR) is 60.3 cm³/mol. The number of likely N-dealkylation sites (N-methyl/N-ethyl adjacent to an activating group) is 1. The van der Waals surface area contributed by atoms with Crippen molar-refractivity contribution < 1.29 is 9.90 Å². The third-order valence-electron chi connectivity index (χ3n) is 2.13. The Hall–Kier alpha value is -0.940. The van der Waals surface area contributed by atoms with E-state index < -0.39 is 12.0 Å². The van der Waals surface area contributed by atoms with E-state index in [4.69, 9.17) is 5.11 Å². The Bertz CT molecular complexity index is 325. The van der Waals surface area contributed by atoms with Crippen LogP contribution in [0.3, 0.4) is 0 Å². The first-order valence-electron chi connectivity index (χ1n) is 5.00. The summed E-state index contributed by atoms with van der Waals surface area (Å²) in [6.07, 6.45) is 2.49. The SMILES string of the molecule is CCCc1csc(CC(NC)C(=O)O)n1. The summed E-state index contributed by atoms with van der Waals surface area (Å²) in [7, 11) is 1.65. The average molecular weight is 228 g/mol. The van der Waals surface area contributed by atoms with Crippen LogP contribution < -0.4 is 5.32 Å². The van der Waals surface area contributed by atoms with Crippen LogP contribution in [0, 0.1) is 0 Å². The zero-order valence-electron chi connectivity index (χ0n) is 8.99. The Morgan fingerprint density at radius 1 is 1.73 bits per heavy atom. The lowest BCUT2D eigenvalue weighted by atomic mass is 10.2. The largest absolute Gasteiger partial charge is 0.480 e. The Morgan fingerprint density at radius 2 is 2.47 bits per heavy atom. The van der Waals surface area contributed by atoms with Gasteiger partial charge in [0.25, 0.3) is 0 Å². The molecule has 0 saturated heterocycles. The maximum atomic E-state index is 10.8. The molecule has 1 rings (SSSR count). The molecule has 1 unspecified atom stereocenters. The van der Waals surface area contributed by atoms with Crippen LogP contribution in [-0.4, -0.2) is 29.1 Å². The molecule has 0 aliphatic carbocycles. The first-order valence-corrected chi connectivity index (χ1v) is 5.88. The number of thiazole rings is 1. The minimum Gasteiger partial charge on any atom is -0.480 e. The van der Waals surface area contributed by atoms with Crippen molar-refractivity contribution in [1.29, 1.82) is 0 Å². The number of nitrogens with one attached hydrogen (secondary N) is 1. The Labute approximate surface area is 93.4 Å². The van der Waals surface area contributed by atoms with E-state index in [-0.39, 0.29) is 0 Å². The zero-order valence-corrected chi connectivity index (χ0v) is 9.80. The number of carboxylic acids is 1. The van der Waals surface area contributed by atoms with Crippen molar-refractivity contribution >= 4 is 17.3 Å². The first kappa shape index (κ1) is 12.1.